The van der Waals surface area contributed by atoms with Crippen LogP contribution in [0.5, 0.6) is 0 Å². The summed E-state index contributed by atoms with van der Waals surface area (Å²) in [4.78, 5) is 27.3. The van der Waals surface area contributed by atoms with Gasteiger partial charge in [-0.05, 0) is 5.56 Å². The average Bonchev–Trinajstić information content (AvgIpc) is 2.37. The molecule has 2 N–H and O–H groups in total. The molecule has 0 spiro atoms. The highest BCUT2D eigenvalue weighted by molar-refractivity contribution is 5.84. The molecule has 0 radical (unpaired) electrons. The molecular formula is C12H16N2O4. The minimum atomic E-state index is -1.24. The highest BCUT2D eigenvalue weighted by Gasteiger charge is 2.24. The zero-order valence-corrected chi connectivity index (χ0v) is 10.3. The fraction of sp³-hybridized carbons (Fsp3) is 0.333. The van der Waals surface area contributed by atoms with Gasteiger partial charge >= 0.3 is 6.09 Å². The summed E-state index contributed by atoms with van der Waals surface area (Å²) in [6.45, 7) is 0. The molecule has 0 saturated heterocycles. The summed E-state index contributed by atoms with van der Waals surface area (Å²) in [5.41, 5.74) is 0.870. The van der Waals surface area contributed by atoms with E-state index in [0.29, 0.717) is 0 Å². The lowest BCUT2D eigenvalue weighted by atomic mass is 10.1. The van der Waals surface area contributed by atoms with Crippen molar-refractivity contribution in [1.29, 1.82) is 0 Å². The van der Waals surface area contributed by atoms with Crippen LogP contribution in [0.15, 0.2) is 30.3 Å². The Morgan fingerprint density at radius 2 is 2.00 bits per heavy atom. The summed E-state index contributed by atoms with van der Waals surface area (Å²) in [5.74, 6) is -0.441. The molecule has 6 heteroatoms. The van der Waals surface area contributed by atoms with Crippen LogP contribution in [0, 0.1) is 0 Å². The van der Waals surface area contributed by atoms with Crippen LogP contribution >= 0.6 is 0 Å². The first-order chi connectivity index (χ1) is 8.54. The standard InChI is InChI=1S/C12H16N2O4/c1-14(18-2)11(15)10(13-12(16)17)8-9-6-4-3-5-7-9/h3-7,10,13H,8H2,1-2H3,(H,16,17). The van der Waals surface area contributed by atoms with Gasteiger partial charge in [-0.1, -0.05) is 30.3 Å². The van der Waals surface area contributed by atoms with Gasteiger partial charge in [0.1, 0.15) is 6.04 Å². The average molecular weight is 252 g/mol. The van der Waals surface area contributed by atoms with E-state index >= 15 is 0 Å². The van der Waals surface area contributed by atoms with Crippen LogP contribution in [0.4, 0.5) is 4.79 Å². The SMILES string of the molecule is CON(C)C(=O)C(Cc1ccccc1)NC(=O)O. The van der Waals surface area contributed by atoms with Crippen LogP contribution in [-0.2, 0) is 16.1 Å². The smallest absolute Gasteiger partial charge is 0.405 e. The van der Waals surface area contributed by atoms with E-state index in [9.17, 15) is 9.59 Å². The third-order valence-electron chi connectivity index (χ3n) is 2.46. The highest BCUT2D eigenvalue weighted by atomic mass is 16.7. The van der Waals surface area contributed by atoms with Gasteiger partial charge in [-0.15, -0.1) is 0 Å². The summed E-state index contributed by atoms with van der Waals surface area (Å²) in [5, 5.41) is 11.9. The van der Waals surface area contributed by atoms with Crippen molar-refractivity contribution < 1.29 is 19.5 Å². The molecule has 1 aromatic rings. The molecule has 0 saturated carbocycles. The number of rotatable bonds is 5. The molecule has 1 unspecified atom stereocenters. The minimum Gasteiger partial charge on any atom is -0.465 e. The van der Waals surface area contributed by atoms with Gasteiger partial charge in [-0.25, -0.2) is 9.86 Å². The van der Waals surface area contributed by atoms with Gasteiger partial charge in [-0.3, -0.25) is 9.63 Å². The maximum atomic E-state index is 11.9. The summed E-state index contributed by atoms with van der Waals surface area (Å²) in [6, 6.07) is 8.31. The lowest BCUT2D eigenvalue weighted by Crippen LogP contribution is -2.47. The number of carboxylic acid groups (broad SMARTS) is 1. The van der Waals surface area contributed by atoms with Gasteiger partial charge in [0.2, 0.25) is 0 Å². The Morgan fingerprint density at radius 3 is 2.50 bits per heavy atom. The second kappa shape index (κ2) is 6.61. The summed E-state index contributed by atoms with van der Waals surface area (Å²) >= 11 is 0. The molecule has 2 amide bonds. The number of hydrogen-bond donors (Lipinski definition) is 2. The molecule has 0 heterocycles. The normalized spacial score (nSPS) is 11.7. The summed E-state index contributed by atoms with van der Waals surface area (Å²) < 4.78 is 0. The van der Waals surface area contributed by atoms with E-state index in [0.717, 1.165) is 10.6 Å². The minimum absolute atomic E-state index is 0.277. The predicted octanol–water partition coefficient (Wildman–Crippen LogP) is 0.885. The number of likely N-dealkylation sites (N-methyl/N-ethyl adjacent to an activating group) is 1. The molecule has 0 aliphatic heterocycles. The van der Waals surface area contributed by atoms with Gasteiger partial charge in [0.05, 0.1) is 7.11 Å². The van der Waals surface area contributed by atoms with E-state index < -0.39 is 18.0 Å². The molecule has 0 aliphatic rings. The van der Waals surface area contributed by atoms with Crippen LogP contribution in [-0.4, -0.2) is 42.4 Å². The second-order valence-corrected chi connectivity index (χ2v) is 3.71. The highest BCUT2D eigenvalue weighted by Crippen LogP contribution is 2.05. The first-order valence-electron chi connectivity index (χ1n) is 5.39. The molecule has 0 bridgehead atoms. The Balaban J connectivity index is 2.78. The van der Waals surface area contributed by atoms with E-state index in [-0.39, 0.29) is 6.42 Å². The van der Waals surface area contributed by atoms with Crippen LogP contribution in [0.3, 0.4) is 0 Å². The molecule has 0 fully saturated rings. The van der Waals surface area contributed by atoms with Crippen LogP contribution in [0.25, 0.3) is 0 Å². The van der Waals surface area contributed by atoms with Crippen molar-refractivity contribution in [1.82, 2.24) is 10.4 Å². The maximum absolute atomic E-state index is 11.9. The van der Waals surface area contributed by atoms with Crippen LogP contribution in [0.2, 0.25) is 0 Å². The number of nitrogens with one attached hydrogen (secondary N) is 1. The first kappa shape index (κ1) is 14.0. The number of hydrogen-bond acceptors (Lipinski definition) is 3. The predicted molar refractivity (Wildman–Crippen MR) is 64.9 cm³/mol. The van der Waals surface area contributed by atoms with Crippen molar-refractivity contribution in [2.45, 2.75) is 12.5 Å². The van der Waals surface area contributed by atoms with Gasteiger partial charge in [-0.2, -0.15) is 0 Å². The lowest BCUT2D eigenvalue weighted by Gasteiger charge is -2.21. The summed E-state index contributed by atoms with van der Waals surface area (Å²) in [7, 11) is 2.78. The Bertz CT molecular complexity index is 408. The molecule has 0 aromatic heterocycles. The Kier molecular flexibility index (Phi) is 5.13. The molecule has 1 atom stereocenters. The third-order valence-corrected chi connectivity index (χ3v) is 2.46. The zero-order valence-electron chi connectivity index (χ0n) is 10.3. The van der Waals surface area contributed by atoms with Crippen molar-refractivity contribution in [2.75, 3.05) is 14.2 Å². The topological polar surface area (TPSA) is 78.9 Å². The number of amides is 2. The lowest BCUT2D eigenvalue weighted by molar-refractivity contribution is -0.170. The van der Waals surface area contributed by atoms with Gasteiger partial charge in [0.25, 0.3) is 5.91 Å². The van der Waals surface area contributed by atoms with Crippen molar-refractivity contribution in [2.24, 2.45) is 0 Å². The zero-order chi connectivity index (χ0) is 13.5. The van der Waals surface area contributed by atoms with Crippen molar-refractivity contribution in [3.05, 3.63) is 35.9 Å². The second-order valence-electron chi connectivity index (χ2n) is 3.71. The van der Waals surface area contributed by atoms with Crippen molar-refractivity contribution in [3.63, 3.8) is 0 Å². The van der Waals surface area contributed by atoms with E-state index in [1.54, 1.807) is 0 Å². The van der Waals surface area contributed by atoms with Crippen LogP contribution < -0.4 is 5.32 Å². The number of nitrogens with zero attached hydrogens (tertiary/aromatic N) is 1. The maximum Gasteiger partial charge on any atom is 0.405 e. The molecule has 6 nitrogen and oxygen atoms in total. The Hall–Kier alpha value is -2.08. The van der Waals surface area contributed by atoms with Crippen LogP contribution in [0.1, 0.15) is 5.56 Å². The van der Waals surface area contributed by atoms with Crippen molar-refractivity contribution >= 4 is 12.0 Å². The van der Waals surface area contributed by atoms with Gasteiger partial charge in [0.15, 0.2) is 0 Å². The van der Waals surface area contributed by atoms with Crippen molar-refractivity contribution in [3.8, 4) is 0 Å². The Morgan fingerprint density at radius 1 is 1.39 bits per heavy atom. The molecule has 18 heavy (non-hydrogen) atoms. The van der Waals surface area contributed by atoms with E-state index in [4.69, 9.17) is 9.94 Å². The molecular weight excluding hydrogens is 236 g/mol. The molecule has 98 valence electrons. The fourth-order valence-corrected chi connectivity index (χ4v) is 1.51. The molecule has 0 aliphatic carbocycles. The monoisotopic (exact) mass is 252 g/mol. The largest absolute Gasteiger partial charge is 0.465 e. The number of benzene rings is 1. The Labute approximate surface area is 105 Å². The van der Waals surface area contributed by atoms with E-state index in [1.807, 2.05) is 30.3 Å². The first-order valence-corrected chi connectivity index (χ1v) is 5.39. The van der Waals surface area contributed by atoms with E-state index in [2.05, 4.69) is 5.32 Å². The number of hydroxylamine groups is 2. The fourth-order valence-electron chi connectivity index (χ4n) is 1.51. The molecule has 1 rings (SSSR count). The quantitative estimate of drug-likeness (QED) is 0.763. The van der Waals surface area contributed by atoms with Gasteiger partial charge in [0, 0.05) is 13.5 Å². The van der Waals surface area contributed by atoms with E-state index in [1.165, 1.54) is 14.2 Å². The number of carbonyl (C=O) groups is 2. The third kappa shape index (κ3) is 4.06. The number of carbonyl (C=O) groups excluding carboxylic acids is 1. The molecule has 1 aromatic carbocycles. The van der Waals surface area contributed by atoms with Gasteiger partial charge < -0.3 is 10.4 Å². The summed E-state index contributed by atoms with van der Waals surface area (Å²) in [6.07, 6.45) is -0.964.